The number of nitrogens with zero attached hydrogens (tertiary/aromatic N) is 1. The maximum Gasteiger partial charge on any atom is 0.454 e. The number of benzene rings is 1. The van der Waals surface area contributed by atoms with Crippen molar-refractivity contribution in [3.05, 3.63) is 40.4 Å². The lowest BCUT2D eigenvalue weighted by atomic mass is 10.1. The van der Waals surface area contributed by atoms with Crippen molar-refractivity contribution >= 4 is 23.5 Å². The normalized spacial score (nSPS) is 11.5. The minimum atomic E-state index is -4.88. The van der Waals surface area contributed by atoms with Crippen LogP contribution in [0, 0.1) is 11.3 Å². The molecular weight excluding hydrogens is 255 g/mol. The topological polar surface area (TPSA) is 40.9 Å². The first kappa shape index (κ1) is 13.3. The second-order valence-corrected chi connectivity index (χ2v) is 3.45. The van der Waals surface area contributed by atoms with E-state index in [1.54, 1.807) is 0 Å². The molecule has 0 aliphatic heterocycles. The highest BCUT2D eigenvalue weighted by molar-refractivity contribution is 6.31. The summed E-state index contributed by atoms with van der Waals surface area (Å²) in [5.41, 5.74) is 0.526. The van der Waals surface area contributed by atoms with Crippen molar-refractivity contribution in [1.82, 2.24) is 0 Å². The number of carbonyl (C=O) groups is 1. The van der Waals surface area contributed by atoms with Crippen LogP contribution >= 0.6 is 11.6 Å². The summed E-state index contributed by atoms with van der Waals surface area (Å²) in [5, 5.41) is 8.70. The largest absolute Gasteiger partial charge is 0.454 e. The van der Waals surface area contributed by atoms with Crippen molar-refractivity contribution in [3.63, 3.8) is 0 Å². The predicted octanol–water partition coefficient (Wildman–Crippen LogP) is 3.36. The maximum absolute atomic E-state index is 11.9. The Hall–Kier alpha value is -1.80. The van der Waals surface area contributed by atoms with Crippen molar-refractivity contribution in [3.8, 4) is 6.07 Å². The van der Waals surface area contributed by atoms with Gasteiger partial charge < -0.3 is 0 Å². The van der Waals surface area contributed by atoms with E-state index < -0.39 is 12.0 Å². The van der Waals surface area contributed by atoms with Crippen molar-refractivity contribution in [2.24, 2.45) is 0 Å². The average Bonchev–Trinajstić information content (AvgIpc) is 2.24. The smallest absolute Gasteiger partial charge is 0.285 e. The molecule has 0 aromatic heterocycles. The standard InChI is InChI=1S/C11H5ClF3NO/c12-9-5-7(1-3-8(9)6-16)2-4-10(17)11(13,14)15/h1-5H/b4-2+. The zero-order valence-corrected chi connectivity index (χ0v) is 9.01. The number of ketones is 1. The molecule has 0 radical (unpaired) electrons. The summed E-state index contributed by atoms with van der Waals surface area (Å²) < 4.78 is 35.6. The third-order valence-corrected chi connectivity index (χ3v) is 2.13. The first-order valence-electron chi connectivity index (χ1n) is 4.33. The van der Waals surface area contributed by atoms with Crippen LogP contribution in [-0.2, 0) is 4.79 Å². The molecule has 0 unspecified atom stereocenters. The lowest BCUT2D eigenvalue weighted by Crippen LogP contribution is -2.19. The fourth-order valence-corrected chi connectivity index (χ4v) is 1.22. The zero-order chi connectivity index (χ0) is 13.1. The molecule has 0 amide bonds. The Morgan fingerprint density at radius 3 is 2.53 bits per heavy atom. The second kappa shape index (κ2) is 5.02. The number of hydrogen-bond acceptors (Lipinski definition) is 2. The summed E-state index contributed by atoms with van der Waals surface area (Å²) in [4.78, 5) is 10.5. The summed E-state index contributed by atoms with van der Waals surface area (Å²) in [6.07, 6.45) is -3.48. The van der Waals surface area contributed by atoms with Crippen LogP contribution in [0.15, 0.2) is 24.3 Å². The van der Waals surface area contributed by atoms with E-state index in [1.807, 2.05) is 6.07 Å². The predicted molar refractivity (Wildman–Crippen MR) is 56.3 cm³/mol. The van der Waals surface area contributed by atoms with Crippen LogP contribution in [0.3, 0.4) is 0 Å². The van der Waals surface area contributed by atoms with Crippen molar-refractivity contribution in [2.75, 3.05) is 0 Å². The summed E-state index contributed by atoms with van der Waals surface area (Å²) in [5.74, 6) is -1.95. The minimum Gasteiger partial charge on any atom is -0.285 e. The van der Waals surface area contributed by atoms with Gasteiger partial charge in [-0.25, -0.2) is 0 Å². The maximum atomic E-state index is 11.9. The van der Waals surface area contributed by atoms with Gasteiger partial charge in [0.15, 0.2) is 0 Å². The van der Waals surface area contributed by atoms with Crippen LogP contribution in [0.2, 0.25) is 5.02 Å². The molecular formula is C11H5ClF3NO. The molecule has 0 aliphatic carbocycles. The van der Waals surface area contributed by atoms with Gasteiger partial charge in [0.05, 0.1) is 10.6 Å². The van der Waals surface area contributed by atoms with E-state index in [9.17, 15) is 18.0 Å². The van der Waals surface area contributed by atoms with E-state index >= 15 is 0 Å². The van der Waals surface area contributed by atoms with E-state index in [0.717, 1.165) is 6.08 Å². The van der Waals surface area contributed by atoms with Crippen LogP contribution in [0.25, 0.3) is 6.08 Å². The highest BCUT2D eigenvalue weighted by Gasteiger charge is 2.35. The molecule has 1 aromatic carbocycles. The second-order valence-electron chi connectivity index (χ2n) is 3.05. The summed E-state index contributed by atoms with van der Waals surface area (Å²) in [6, 6.07) is 5.87. The summed E-state index contributed by atoms with van der Waals surface area (Å²) in [7, 11) is 0. The molecule has 6 heteroatoms. The number of nitriles is 1. The molecule has 0 heterocycles. The van der Waals surface area contributed by atoms with Crippen LogP contribution in [-0.4, -0.2) is 12.0 Å². The van der Waals surface area contributed by atoms with E-state index in [1.165, 1.54) is 18.2 Å². The van der Waals surface area contributed by atoms with E-state index in [2.05, 4.69) is 0 Å². The van der Waals surface area contributed by atoms with Gasteiger partial charge in [-0.1, -0.05) is 23.7 Å². The van der Waals surface area contributed by atoms with Crippen LogP contribution in [0.5, 0.6) is 0 Å². The molecule has 0 saturated carbocycles. The van der Waals surface area contributed by atoms with Gasteiger partial charge in [-0.05, 0) is 23.8 Å². The monoisotopic (exact) mass is 259 g/mol. The number of carbonyl (C=O) groups excluding carboxylic acids is 1. The number of hydrogen-bond donors (Lipinski definition) is 0. The summed E-state index contributed by atoms with van der Waals surface area (Å²) in [6.45, 7) is 0. The summed E-state index contributed by atoms with van der Waals surface area (Å²) >= 11 is 5.67. The van der Waals surface area contributed by atoms with E-state index in [4.69, 9.17) is 16.9 Å². The zero-order valence-electron chi connectivity index (χ0n) is 8.25. The van der Waals surface area contributed by atoms with Crippen LogP contribution in [0.4, 0.5) is 13.2 Å². The Morgan fingerprint density at radius 2 is 2.06 bits per heavy atom. The van der Waals surface area contributed by atoms with E-state index in [0.29, 0.717) is 11.6 Å². The number of rotatable bonds is 2. The molecule has 0 aliphatic rings. The van der Waals surface area contributed by atoms with Gasteiger partial charge in [0.25, 0.3) is 5.78 Å². The minimum absolute atomic E-state index is 0.120. The molecule has 17 heavy (non-hydrogen) atoms. The van der Waals surface area contributed by atoms with Gasteiger partial charge in [0.1, 0.15) is 6.07 Å². The molecule has 1 rings (SSSR count). The molecule has 0 bridgehead atoms. The Balaban J connectivity index is 2.91. The van der Waals surface area contributed by atoms with Gasteiger partial charge in [-0.2, -0.15) is 18.4 Å². The fourth-order valence-electron chi connectivity index (χ4n) is 0.992. The highest BCUT2D eigenvalue weighted by atomic mass is 35.5. The van der Waals surface area contributed by atoms with Gasteiger partial charge in [-0.15, -0.1) is 0 Å². The molecule has 0 atom stereocenters. The molecule has 0 N–H and O–H groups in total. The molecule has 1 aromatic rings. The number of halogens is 4. The Morgan fingerprint density at radius 1 is 1.41 bits per heavy atom. The third-order valence-electron chi connectivity index (χ3n) is 1.82. The Bertz CT molecular complexity index is 514. The lowest BCUT2D eigenvalue weighted by molar-refractivity contribution is -0.165. The molecule has 0 fully saturated rings. The lowest BCUT2D eigenvalue weighted by Gasteiger charge is -2.00. The first-order chi connectivity index (χ1) is 7.84. The van der Waals surface area contributed by atoms with Gasteiger partial charge in [-0.3, -0.25) is 4.79 Å². The van der Waals surface area contributed by atoms with Crippen LogP contribution in [0.1, 0.15) is 11.1 Å². The van der Waals surface area contributed by atoms with Gasteiger partial charge in [0.2, 0.25) is 0 Å². The first-order valence-corrected chi connectivity index (χ1v) is 4.71. The molecule has 2 nitrogen and oxygen atoms in total. The SMILES string of the molecule is N#Cc1ccc(/C=C/C(=O)C(F)(F)F)cc1Cl. The molecule has 88 valence electrons. The van der Waals surface area contributed by atoms with Crippen molar-refractivity contribution in [1.29, 1.82) is 5.26 Å². The van der Waals surface area contributed by atoms with Gasteiger partial charge in [0, 0.05) is 0 Å². The number of allylic oxidation sites excluding steroid dienone is 1. The quantitative estimate of drug-likeness (QED) is 0.764. The Labute approximate surface area is 99.9 Å². The van der Waals surface area contributed by atoms with Crippen molar-refractivity contribution < 1.29 is 18.0 Å². The average molecular weight is 260 g/mol. The highest BCUT2D eigenvalue weighted by Crippen LogP contribution is 2.20. The van der Waals surface area contributed by atoms with Gasteiger partial charge >= 0.3 is 6.18 Å². The molecule has 0 spiro atoms. The third kappa shape index (κ3) is 3.61. The fraction of sp³-hybridized carbons (Fsp3) is 0.0909. The Kier molecular flexibility index (Phi) is 3.92. The van der Waals surface area contributed by atoms with E-state index in [-0.39, 0.29) is 10.6 Å². The number of alkyl halides is 3. The van der Waals surface area contributed by atoms with Crippen molar-refractivity contribution in [2.45, 2.75) is 6.18 Å². The van der Waals surface area contributed by atoms with Crippen LogP contribution < -0.4 is 0 Å². The molecule has 0 saturated heterocycles.